The van der Waals surface area contributed by atoms with Gasteiger partial charge in [-0.25, -0.2) is 4.79 Å². The molecule has 1 aromatic carbocycles. The van der Waals surface area contributed by atoms with Crippen molar-refractivity contribution in [2.45, 2.75) is 6.10 Å². The van der Waals surface area contributed by atoms with Crippen LogP contribution in [0.25, 0.3) is 5.69 Å². The maximum absolute atomic E-state index is 11.8. The van der Waals surface area contributed by atoms with Gasteiger partial charge in [0.05, 0.1) is 11.8 Å². The lowest BCUT2D eigenvalue weighted by Crippen LogP contribution is -2.23. The van der Waals surface area contributed by atoms with Crippen LogP contribution in [0.1, 0.15) is 11.7 Å². The summed E-state index contributed by atoms with van der Waals surface area (Å²) in [6.07, 6.45) is 2.58. The fraction of sp³-hybridized carbons (Fsp3) is 0.250. The highest BCUT2D eigenvalue weighted by Gasteiger charge is 2.13. The first kappa shape index (κ1) is 11.6. The van der Waals surface area contributed by atoms with E-state index in [4.69, 9.17) is 5.73 Å². The summed E-state index contributed by atoms with van der Waals surface area (Å²) in [5.74, 6) is 0. The molecule has 0 spiro atoms. The van der Waals surface area contributed by atoms with Crippen molar-refractivity contribution in [3.63, 3.8) is 0 Å². The Bertz CT molecular complexity index is 571. The molecule has 2 rings (SSSR count). The zero-order valence-electron chi connectivity index (χ0n) is 9.58. The van der Waals surface area contributed by atoms with Gasteiger partial charge in [0.25, 0.3) is 0 Å². The SMILES string of the molecule is Cn1ccn(-c2ccccc2C(O)CN)c1=O. The number of benzene rings is 1. The van der Waals surface area contributed by atoms with Crippen LogP contribution < -0.4 is 11.4 Å². The first-order valence-corrected chi connectivity index (χ1v) is 5.36. The minimum atomic E-state index is -0.765. The predicted molar refractivity (Wildman–Crippen MR) is 65.0 cm³/mol. The molecule has 5 nitrogen and oxygen atoms in total. The molecule has 3 N–H and O–H groups in total. The quantitative estimate of drug-likeness (QED) is 0.793. The van der Waals surface area contributed by atoms with Crippen LogP contribution in [0.15, 0.2) is 41.5 Å². The molecule has 0 amide bonds. The van der Waals surface area contributed by atoms with Gasteiger partial charge in [0, 0.05) is 31.5 Å². The van der Waals surface area contributed by atoms with Gasteiger partial charge in [-0.05, 0) is 6.07 Å². The number of rotatable bonds is 3. The maximum Gasteiger partial charge on any atom is 0.332 e. The monoisotopic (exact) mass is 233 g/mol. The van der Waals surface area contributed by atoms with Gasteiger partial charge < -0.3 is 15.4 Å². The normalized spacial score (nSPS) is 12.6. The zero-order chi connectivity index (χ0) is 12.4. The Morgan fingerprint density at radius 1 is 1.35 bits per heavy atom. The fourth-order valence-corrected chi connectivity index (χ4v) is 1.76. The molecule has 0 aliphatic heterocycles. The van der Waals surface area contributed by atoms with Gasteiger partial charge in [0.2, 0.25) is 0 Å². The largest absolute Gasteiger partial charge is 0.387 e. The molecule has 0 saturated heterocycles. The van der Waals surface area contributed by atoms with Crippen LogP contribution in [0.3, 0.4) is 0 Å². The third kappa shape index (κ3) is 2.02. The maximum atomic E-state index is 11.8. The first-order valence-electron chi connectivity index (χ1n) is 5.36. The van der Waals surface area contributed by atoms with E-state index >= 15 is 0 Å². The fourth-order valence-electron chi connectivity index (χ4n) is 1.76. The number of nitrogens with zero attached hydrogens (tertiary/aromatic N) is 2. The van der Waals surface area contributed by atoms with Crippen molar-refractivity contribution in [2.24, 2.45) is 12.8 Å². The van der Waals surface area contributed by atoms with E-state index in [1.165, 1.54) is 9.13 Å². The lowest BCUT2D eigenvalue weighted by atomic mass is 10.1. The summed E-state index contributed by atoms with van der Waals surface area (Å²) in [4.78, 5) is 11.8. The molecule has 17 heavy (non-hydrogen) atoms. The molecular formula is C12H15N3O2. The van der Waals surface area contributed by atoms with Crippen molar-refractivity contribution in [2.75, 3.05) is 6.54 Å². The van der Waals surface area contributed by atoms with E-state index in [1.807, 2.05) is 12.1 Å². The molecule has 0 bridgehead atoms. The third-order valence-corrected chi connectivity index (χ3v) is 2.73. The molecule has 90 valence electrons. The Hall–Kier alpha value is -1.85. The first-order chi connectivity index (χ1) is 8.15. The Balaban J connectivity index is 2.60. The van der Waals surface area contributed by atoms with Crippen LogP contribution in [0.5, 0.6) is 0 Å². The van der Waals surface area contributed by atoms with Gasteiger partial charge in [-0.1, -0.05) is 18.2 Å². The van der Waals surface area contributed by atoms with E-state index in [0.717, 1.165) is 0 Å². The average molecular weight is 233 g/mol. The highest BCUT2D eigenvalue weighted by molar-refractivity contribution is 5.42. The standard InChI is InChI=1S/C12H15N3O2/c1-14-6-7-15(12(14)17)10-5-3-2-4-9(10)11(16)8-13/h2-7,11,16H,8,13H2,1H3. The molecule has 2 aromatic rings. The Morgan fingerprint density at radius 2 is 2.06 bits per heavy atom. The lowest BCUT2D eigenvalue weighted by Gasteiger charge is -2.13. The second-order valence-corrected chi connectivity index (χ2v) is 3.87. The van der Waals surface area contributed by atoms with Crippen molar-refractivity contribution >= 4 is 0 Å². The van der Waals surface area contributed by atoms with Gasteiger partial charge in [-0.15, -0.1) is 0 Å². The molecule has 1 atom stereocenters. The van der Waals surface area contributed by atoms with E-state index in [9.17, 15) is 9.90 Å². The molecule has 1 heterocycles. The molecule has 0 aliphatic rings. The van der Waals surface area contributed by atoms with Gasteiger partial charge in [0.1, 0.15) is 0 Å². The zero-order valence-corrected chi connectivity index (χ0v) is 9.58. The van der Waals surface area contributed by atoms with Crippen molar-refractivity contribution in [1.82, 2.24) is 9.13 Å². The number of nitrogens with two attached hydrogens (primary N) is 1. The Labute approximate surface area is 98.7 Å². The number of aliphatic hydroxyl groups is 1. The van der Waals surface area contributed by atoms with Gasteiger partial charge in [-0.2, -0.15) is 0 Å². The molecule has 1 aromatic heterocycles. The molecule has 0 radical (unpaired) electrons. The Kier molecular flexibility index (Phi) is 3.12. The smallest absolute Gasteiger partial charge is 0.332 e. The number of aryl methyl sites for hydroxylation is 1. The molecular weight excluding hydrogens is 218 g/mol. The highest BCUT2D eigenvalue weighted by atomic mass is 16.3. The van der Waals surface area contributed by atoms with Crippen LogP contribution in [-0.4, -0.2) is 20.8 Å². The van der Waals surface area contributed by atoms with Crippen LogP contribution in [0.2, 0.25) is 0 Å². The van der Waals surface area contributed by atoms with Gasteiger partial charge >= 0.3 is 5.69 Å². The summed E-state index contributed by atoms with van der Waals surface area (Å²) < 4.78 is 2.97. The minimum Gasteiger partial charge on any atom is -0.387 e. The van der Waals surface area contributed by atoms with Crippen LogP contribution in [-0.2, 0) is 7.05 Å². The van der Waals surface area contributed by atoms with E-state index in [-0.39, 0.29) is 12.2 Å². The predicted octanol–water partition coefficient (Wildman–Crippen LogP) is 0.168. The van der Waals surface area contributed by atoms with Crippen molar-refractivity contribution < 1.29 is 5.11 Å². The van der Waals surface area contributed by atoms with E-state index < -0.39 is 6.10 Å². The summed E-state index contributed by atoms with van der Waals surface area (Å²) >= 11 is 0. The van der Waals surface area contributed by atoms with Crippen molar-refractivity contribution in [3.05, 3.63) is 52.7 Å². The number of hydrogen-bond acceptors (Lipinski definition) is 3. The highest BCUT2D eigenvalue weighted by Crippen LogP contribution is 2.19. The van der Waals surface area contributed by atoms with Crippen LogP contribution in [0.4, 0.5) is 0 Å². The third-order valence-electron chi connectivity index (χ3n) is 2.73. The molecule has 5 heteroatoms. The van der Waals surface area contributed by atoms with Crippen molar-refractivity contribution in [3.8, 4) is 5.69 Å². The average Bonchev–Trinajstić information content (AvgIpc) is 2.69. The molecule has 0 saturated carbocycles. The number of para-hydroxylation sites is 1. The number of aromatic nitrogens is 2. The number of aliphatic hydroxyl groups excluding tert-OH is 1. The molecule has 0 aliphatic carbocycles. The summed E-state index contributed by atoms with van der Waals surface area (Å²) in [5, 5.41) is 9.82. The summed E-state index contributed by atoms with van der Waals surface area (Å²) in [7, 11) is 1.68. The summed E-state index contributed by atoms with van der Waals surface area (Å²) in [6.45, 7) is 0.124. The van der Waals surface area contributed by atoms with Gasteiger partial charge in [0.15, 0.2) is 0 Å². The summed E-state index contributed by atoms with van der Waals surface area (Å²) in [5.41, 5.74) is 6.62. The molecule has 0 fully saturated rings. The lowest BCUT2D eigenvalue weighted by molar-refractivity contribution is 0.186. The topological polar surface area (TPSA) is 73.2 Å². The van der Waals surface area contributed by atoms with E-state index in [1.54, 1.807) is 31.6 Å². The van der Waals surface area contributed by atoms with E-state index in [0.29, 0.717) is 11.3 Å². The molecule has 1 unspecified atom stereocenters. The Morgan fingerprint density at radius 3 is 2.65 bits per heavy atom. The van der Waals surface area contributed by atoms with Gasteiger partial charge in [-0.3, -0.25) is 4.57 Å². The van der Waals surface area contributed by atoms with Crippen molar-refractivity contribution in [1.29, 1.82) is 0 Å². The minimum absolute atomic E-state index is 0.124. The summed E-state index contributed by atoms with van der Waals surface area (Å²) in [6, 6.07) is 7.19. The second-order valence-electron chi connectivity index (χ2n) is 3.87. The second kappa shape index (κ2) is 4.57. The van der Waals surface area contributed by atoms with Crippen LogP contribution in [0, 0.1) is 0 Å². The number of hydrogen-bond donors (Lipinski definition) is 2. The van der Waals surface area contributed by atoms with Crippen LogP contribution >= 0.6 is 0 Å². The number of imidazole rings is 1. The van der Waals surface area contributed by atoms with E-state index in [2.05, 4.69) is 0 Å².